The lowest BCUT2D eigenvalue weighted by Gasteiger charge is -2.14. The predicted molar refractivity (Wildman–Crippen MR) is 91.5 cm³/mol. The molecule has 0 saturated carbocycles. The number of cyclic esters (lactones) is 1. The van der Waals surface area contributed by atoms with E-state index in [2.05, 4.69) is 0 Å². The Morgan fingerprint density at radius 3 is 2.78 bits per heavy atom. The topological polar surface area (TPSA) is 29.5 Å². The normalized spacial score (nSPS) is 17.4. The molecule has 2 aromatic carbocycles. The van der Waals surface area contributed by atoms with Crippen molar-refractivity contribution < 1.29 is 13.9 Å². The summed E-state index contributed by atoms with van der Waals surface area (Å²) >= 11 is 1.62. The van der Waals surface area contributed by atoms with E-state index < -0.39 is 6.09 Å². The van der Waals surface area contributed by atoms with Gasteiger partial charge in [0.15, 0.2) is 0 Å². The van der Waals surface area contributed by atoms with Crippen LogP contribution in [0.15, 0.2) is 47.4 Å². The van der Waals surface area contributed by atoms with Gasteiger partial charge in [0.1, 0.15) is 11.9 Å². The van der Waals surface area contributed by atoms with Gasteiger partial charge in [-0.2, -0.15) is 0 Å². The van der Waals surface area contributed by atoms with Crippen LogP contribution < -0.4 is 4.90 Å². The number of amides is 1. The molecule has 23 heavy (non-hydrogen) atoms. The van der Waals surface area contributed by atoms with Crippen molar-refractivity contribution in [1.82, 2.24) is 0 Å². The summed E-state index contributed by atoms with van der Waals surface area (Å²) in [6.45, 7) is 2.43. The number of thioether (sulfide) groups is 1. The van der Waals surface area contributed by atoms with E-state index >= 15 is 0 Å². The molecule has 1 atom stereocenters. The van der Waals surface area contributed by atoms with Gasteiger partial charge in [0.2, 0.25) is 0 Å². The number of ether oxygens (including phenoxy) is 1. The Balaban J connectivity index is 1.90. The van der Waals surface area contributed by atoms with Crippen LogP contribution in [0, 0.1) is 5.82 Å². The third-order valence-corrected chi connectivity index (χ3v) is 4.70. The van der Waals surface area contributed by atoms with E-state index in [1.807, 2.05) is 37.4 Å². The number of rotatable bonds is 4. The lowest BCUT2D eigenvalue weighted by atomic mass is 10.0. The van der Waals surface area contributed by atoms with Gasteiger partial charge in [0.05, 0.1) is 12.2 Å². The van der Waals surface area contributed by atoms with Gasteiger partial charge in [0.25, 0.3) is 0 Å². The van der Waals surface area contributed by atoms with Gasteiger partial charge in [-0.25, -0.2) is 9.18 Å². The first-order valence-electron chi connectivity index (χ1n) is 7.54. The first-order valence-corrected chi connectivity index (χ1v) is 8.77. The summed E-state index contributed by atoms with van der Waals surface area (Å²) in [7, 11) is 0. The molecular weight excluding hydrogens is 313 g/mol. The molecule has 2 aromatic rings. The molecule has 1 amide bonds. The molecule has 120 valence electrons. The molecule has 0 radical (unpaired) electrons. The molecule has 0 aliphatic carbocycles. The zero-order chi connectivity index (χ0) is 16.4. The Labute approximate surface area is 139 Å². The second-order valence-electron chi connectivity index (χ2n) is 5.42. The van der Waals surface area contributed by atoms with Crippen molar-refractivity contribution in [1.29, 1.82) is 0 Å². The zero-order valence-electron chi connectivity index (χ0n) is 13.1. The highest BCUT2D eigenvalue weighted by Gasteiger charge is 2.31. The Bertz CT molecular complexity index is 735. The van der Waals surface area contributed by atoms with Crippen LogP contribution in [0.1, 0.15) is 13.3 Å². The van der Waals surface area contributed by atoms with Crippen molar-refractivity contribution in [3.05, 3.63) is 48.3 Å². The average molecular weight is 331 g/mol. The zero-order valence-corrected chi connectivity index (χ0v) is 13.9. The third kappa shape index (κ3) is 3.20. The van der Waals surface area contributed by atoms with Crippen LogP contribution >= 0.6 is 11.8 Å². The lowest BCUT2D eigenvalue weighted by Crippen LogP contribution is -2.24. The van der Waals surface area contributed by atoms with Gasteiger partial charge >= 0.3 is 6.09 Å². The summed E-state index contributed by atoms with van der Waals surface area (Å²) in [5, 5.41) is 0. The fourth-order valence-electron chi connectivity index (χ4n) is 2.64. The van der Waals surface area contributed by atoms with E-state index in [1.165, 1.54) is 11.0 Å². The first-order chi connectivity index (χ1) is 11.1. The Morgan fingerprint density at radius 1 is 1.30 bits per heavy atom. The van der Waals surface area contributed by atoms with Crippen molar-refractivity contribution in [2.45, 2.75) is 24.3 Å². The molecule has 0 spiro atoms. The third-order valence-electron chi connectivity index (χ3n) is 3.97. The maximum absolute atomic E-state index is 14.5. The van der Waals surface area contributed by atoms with E-state index in [0.717, 1.165) is 16.9 Å². The largest absolute Gasteiger partial charge is 0.444 e. The van der Waals surface area contributed by atoms with Crippen molar-refractivity contribution in [3.63, 3.8) is 0 Å². The molecule has 1 heterocycles. The number of benzene rings is 2. The number of nitrogens with zero attached hydrogens (tertiary/aromatic N) is 1. The van der Waals surface area contributed by atoms with Gasteiger partial charge in [-0.3, -0.25) is 4.90 Å². The quantitative estimate of drug-likeness (QED) is 0.742. The van der Waals surface area contributed by atoms with Gasteiger partial charge in [0, 0.05) is 10.5 Å². The Morgan fingerprint density at radius 2 is 2.13 bits per heavy atom. The number of carbonyl (C=O) groups is 1. The molecule has 0 N–H and O–H groups in total. The molecule has 1 aliphatic rings. The van der Waals surface area contributed by atoms with Crippen LogP contribution in [0.4, 0.5) is 14.9 Å². The van der Waals surface area contributed by atoms with Crippen LogP contribution in [0.3, 0.4) is 0 Å². The smallest absolute Gasteiger partial charge is 0.414 e. The van der Waals surface area contributed by atoms with E-state index in [4.69, 9.17) is 4.74 Å². The second-order valence-corrected chi connectivity index (χ2v) is 6.30. The molecule has 0 aromatic heterocycles. The number of anilines is 1. The molecule has 1 saturated heterocycles. The maximum atomic E-state index is 14.5. The van der Waals surface area contributed by atoms with Crippen LogP contribution in [-0.4, -0.2) is 25.0 Å². The monoisotopic (exact) mass is 331 g/mol. The van der Waals surface area contributed by atoms with Crippen LogP contribution in [-0.2, 0) is 4.74 Å². The molecular formula is C18H18FNO2S. The number of carbonyl (C=O) groups excluding carboxylic acids is 1. The highest BCUT2D eigenvalue weighted by molar-refractivity contribution is 7.98. The molecule has 3 nitrogen and oxygen atoms in total. The van der Waals surface area contributed by atoms with Crippen molar-refractivity contribution in [3.8, 4) is 11.1 Å². The van der Waals surface area contributed by atoms with E-state index in [9.17, 15) is 9.18 Å². The van der Waals surface area contributed by atoms with Crippen LogP contribution in [0.5, 0.6) is 0 Å². The highest BCUT2D eigenvalue weighted by Crippen LogP contribution is 2.31. The summed E-state index contributed by atoms with van der Waals surface area (Å²) in [5.41, 5.74) is 1.90. The number of hydrogen-bond donors (Lipinski definition) is 0. The minimum Gasteiger partial charge on any atom is -0.444 e. The fourth-order valence-corrected chi connectivity index (χ4v) is 3.10. The van der Waals surface area contributed by atoms with E-state index in [1.54, 1.807) is 23.9 Å². The van der Waals surface area contributed by atoms with Gasteiger partial charge in [-0.15, -0.1) is 11.8 Å². The SMILES string of the molecule is CC[C@H]1CN(c2ccc(-c3cccc(SC)c3)c(F)c2)C(=O)O1. The molecule has 0 bridgehead atoms. The predicted octanol–water partition coefficient (Wildman–Crippen LogP) is 4.95. The van der Waals surface area contributed by atoms with Crippen LogP contribution in [0.2, 0.25) is 0 Å². The summed E-state index contributed by atoms with van der Waals surface area (Å²) in [6.07, 6.45) is 2.21. The van der Waals surface area contributed by atoms with Gasteiger partial charge < -0.3 is 4.74 Å². The van der Waals surface area contributed by atoms with Crippen molar-refractivity contribution in [2.75, 3.05) is 17.7 Å². The molecule has 0 unspecified atom stereocenters. The fraction of sp³-hybridized carbons (Fsp3) is 0.278. The lowest BCUT2D eigenvalue weighted by molar-refractivity contribution is 0.139. The molecule has 3 rings (SSSR count). The van der Waals surface area contributed by atoms with E-state index in [-0.39, 0.29) is 11.9 Å². The molecule has 1 aliphatic heterocycles. The average Bonchev–Trinajstić information content (AvgIpc) is 2.96. The van der Waals surface area contributed by atoms with Crippen LogP contribution in [0.25, 0.3) is 11.1 Å². The summed E-state index contributed by atoms with van der Waals surface area (Å²) in [6, 6.07) is 12.6. The number of hydrogen-bond acceptors (Lipinski definition) is 3. The van der Waals surface area contributed by atoms with Crippen molar-refractivity contribution in [2.24, 2.45) is 0 Å². The van der Waals surface area contributed by atoms with Crippen molar-refractivity contribution >= 4 is 23.5 Å². The van der Waals surface area contributed by atoms with Gasteiger partial charge in [-0.05, 0) is 48.6 Å². The standard InChI is InChI=1S/C18H18FNO2S/c1-3-14-11-20(18(21)22-14)13-7-8-16(17(19)10-13)12-5-4-6-15(9-12)23-2/h4-10,14H,3,11H2,1-2H3/t14-/m0/s1. The first kappa shape index (κ1) is 15.9. The Kier molecular flexibility index (Phi) is 4.57. The van der Waals surface area contributed by atoms with Gasteiger partial charge in [-0.1, -0.05) is 19.1 Å². The Hall–Kier alpha value is -2.01. The summed E-state index contributed by atoms with van der Waals surface area (Å²) in [4.78, 5) is 14.4. The minimum atomic E-state index is -0.409. The highest BCUT2D eigenvalue weighted by atomic mass is 32.2. The summed E-state index contributed by atoms with van der Waals surface area (Å²) < 4.78 is 19.8. The molecule has 5 heteroatoms. The molecule has 1 fully saturated rings. The second kappa shape index (κ2) is 6.62. The summed E-state index contributed by atoms with van der Waals surface area (Å²) in [5.74, 6) is -0.339. The minimum absolute atomic E-state index is 0.122. The maximum Gasteiger partial charge on any atom is 0.414 e. The van der Waals surface area contributed by atoms with E-state index in [0.29, 0.717) is 17.8 Å². The number of halogens is 1.